The Balaban J connectivity index is 1.97. The minimum Gasteiger partial charge on any atom is -0.384 e. The highest BCUT2D eigenvalue weighted by atomic mass is 35.5. The van der Waals surface area contributed by atoms with E-state index in [0.717, 1.165) is 26.2 Å². The van der Waals surface area contributed by atoms with Crippen molar-refractivity contribution in [1.29, 1.82) is 0 Å². The topological polar surface area (TPSA) is 37.2 Å². The van der Waals surface area contributed by atoms with Crippen molar-refractivity contribution in [3.63, 3.8) is 0 Å². The number of aliphatic hydroxyl groups excluding tert-OH is 1. The van der Waals surface area contributed by atoms with Crippen LogP contribution < -0.4 is 5.32 Å². The van der Waals surface area contributed by atoms with Gasteiger partial charge in [0.15, 0.2) is 0 Å². The number of aliphatic hydroxyl groups is 1. The Morgan fingerprint density at radius 1 is 1.32 bits per heavy atom. The van der Waals surface area contributed by atoms with Crippen LogP contribution in [-0.2, 0) is 6.54 Å². The zero-order chi connectivity index (χ0) is 20.3. The lowest BCUT2D eigenvalue weighted by atomic mass is 10.2. The molecule has 2 heterocycles. The summed E-state index contributed by atoms with van der Waals surface area (Å²) in [4.78, 5) is 2.55. The number of hydrogen-bond donors (Lipinski definition) is 2. The first-order valence-corrected chi connectivity index (χ1v) is 10.7. The van der Waals surface area contributed by atoms with Crippen LogP contribution in [0, 0.1) is 16.4 Å². The van der Waals surface area contributed by atoms with Crippen LogP contribution in [0.3, 0.4) is 0 Å². The van der Waals surface area contributed by atoms with Gasteiger partial charge in [-0.15, -0.1) is 11.3 Å². The average molecular weight is 447 g/mol. The molecule has 0 aliphatic heterocycles. The zero-order valence-electron chi connectivity index (χ0n) is 15.5. The molecule has 1 aromatic carbocycles. The number of rotatable bonds is 4. The second-order valence-corrected chi connectivity index (χ2v) is 8.76. The molecule has 144 valence electrons. The molecule has 3 aromatic rings. The van der Waals surface area contributed by atoms with Crippen molar-refractivity contribution >= 4 is 62.6 Å². The standard InChI is InChI=1S/C21H19ClN2OS3/c1-13(2)24-12-18(20(27)23-11-14-5-7-15(22)8-6-14)19(26)17-10-16(4-3-9-25)28-21(17)24/h5-8,10,12-13,25H,9,11H2,1-2H3,(H,23,27). The van der Waals surface area contributed by atoms with Gasteiger partial charge in [0.05, 0.1) is 9.39 Å². The van der Waals surface area contributed by atoms with E-state index < -0.39 is 0 Å². The minimum absolute atomic E-state index is 0.164. The molecular formula is C21H19ClN2OS3. The lowest BCUT2D eigenvalue weighted by molar-refractivity contribution is 0.350. The van der Waals surface area contributed by atoms with E-state index in [1.807, 2.05) is 36.5 Å². The summed E-state index contributed by atoms with van der Waals surface area (Å²) in [6, 6.07) is 9.88. The van der Waals surface area contributed by atoms with Gasteiger partial charge in [-0.05, 0) is 37.6 Å². The summed E-state index contributed by atoms with van der Waals surface area (Å²) in [6.07, 6.45) is 2.02. The summed E-state index contributed by atoms with van der Waals surface area (Å²) >= 11 is 18.9. The van der Waals surface area contributed by atoms with Gasteiger partial charge in [0.1, 0.15) is 16.4 Å². The third kappa shape index (κ3) is 4.62. The summed E-state index contributed by atoms with van der Waals surface area (Å²) in [6.45, 7) is 4.68. The van der Waals surface area contributed by atoms with Gasteiger partial charge in [0, 0.05) is 34.8 Å². The molecule has 2 N–H and O–H groups in total. The largest absolute Gasteiger partial charge is 0.384 e. The number of nitrogens with one attached hydrogen (secondary N) is 1. The molecule has 0 spiro atoms. The van der Waals surface area contributed by atoms with Crippen LogP contribution in [0.25, 0.3) is 10.2 Å². The van der Waals surface area contributed by atoms with E-state index in [4.69, 9.17) is 41.1 Å². The van der Waals surface area contributed by atoms with Gasteiger partial charge in [0.2, 0.25) is 0 Å². The maximum Gasteiger partial charge on any atom is 0.109 e. The molecule has 0 aliphatic rings. The Hall–Kier alpha value is -1.75. The van der Waals surface area contributed by atoms with Crippen LogP contribution >= 0.6 is 47.4 Å². The maximum absolute atomic E-state index is 8.96. The number of pyridine rings is 1. The van der Waals surface area contributed by atoms with E-state index >= 15 is 0 Å². The molecule has 0 atom stereocenters. The summed E-state index contributed by atoms with van der Waals surface area (Å²) in [5.74, 6) is 5.68. The third-order valence-electron chi connectivity index (χ3n) is 4.16. The number of aromatic nitrogens is 1. The average Bonchev–Trinajstić information content (AvgIpc) is 3.10. The fraction of sp³-hybridized carbons (Fsp3) is 0.238. The quantitative estimate of drug-likeness (QED) is 0.411. The Morgan fingerprint density at radius 3 is 2.68 bits per heavy atom. The van der Waals surface area contributed by atoms with Gasteiger partial charge >= 0.3 is 0 Å². The summed E-state index contributed by atoms with van der Waals surface area (Å²) in [5.41, 5.74) is 1.92. The second-order valence-electron chi connectivity index (χ2n) is 6.47. The molecule has 0 saturated carbocycles. The van der Waals surface area contributed by atoms with Gasteiger partial charge in [0.25, 0.3) is 0 Å². The smallest absolute Gasteiger partial charge is 0.109 e. The molecule has 0 bridgehead atoms. The third-order valence-corrected chi connectivity index (χ3v) is 6.28. The van der Waals surface area contributed by atoms with Gasteiger partial charge in [-0.25, -0.2) is 0 Å². The Labute approximate surface area is 184 Å². The van der Waals surface area contributed by atoms with E-state index in [1.165, 1.54) is 0 Å². The molecule has 0 amide bonds. The Morgan fingerprint density at radius 2 is 2.04 bits per heavy atom. The number of thiocarbonyl (C=S) groups is 1. The second kappa shape index (κ2) is 9.17. The first-order chi connectivity index (χ1) is 13.4. The van der Waals surface area contributed by atoms with Crippen molar-refractivity contribution in [1.82, 2.24) is 9.88 Å². The van der Waals surface area contributed by atoms with Crippen molar-refractivity contribution in [2.75, 3.05) is 6.61 Å². The van der Waals surface area contributed by atoms with E-state index in [-0.39, 0.29) is 12.6 Å². The number of fused-ring (bicyclic) bond motifs is 1. The van der Waals surface area contributed by atoms with Crippen LogP contribution in [-0.4, -0.2) is 21.3 Å². The fourth-order valence-corrected chi connectivity index (χ4v) is 4.69. The van der Waals surface area contributed by atoms with Gasteiger partial charge in [-0.1, -0.05) is 60.0 Å². The molecule has 3 nitrogen and oxygen atoms in total. The summed E-state index contributed by atoms with van der Waals surface area (Å²) in [7, 11) is 0. The van der Waals surface area contributed by atoms with Crippen LogP contribution in [0.1, 0.15) is 35.9 Å². The van der Waals surface area contributed by atoms with E-state index in [9.17, 15) is 0 Å². The maximum atomic E-state index is 8.96. The fourth-order valence-electron chi connectivity index (χ4n) is 2.75. The minimum atomic E-state index is -0.164. The first-order valence-electron chi connectivity index (χ1n) is 8.71. The van der Waals surface area contributed by atoms with Gasteiger partial charge in [-0.2, -0.15) is 0 Å². The molecule has 0 saturated heterocycles. The highest BCUT2D eigenvalue weighted by Crippen LogP contribution is 2.30. The lowest BCUT2D eigenvalue weighted by Crippen LogP contribution is -2.23. The van der Waals surface area contributed by atoms with Gasteiger partial charge < -0.3 is 15.0 Å². The number of thiophene rings is 1. The molecule has 0 radical (unpaired) electrons. The highest BCUT2D eigenvalue weighted by molar-refractivity contribution is 7.80. The van der Waals surface area contributed by atoms with Crippen molar-refractivity contribution in [2.45, 2.75) is 26.4 Å². The van der Waals surface area contributed by atoms with Crippen LogP contribution in [0.4, 0.5) is 0 Å². The first kappa shape index (κ1) is 21.0. The number of hydrogen-bond acceptors (Lipinski definition) is 4. The van der Waals surface area contributed by atoms with E-state index in [2.05, 4.69) is 35.6 Å². The molecule has 3 rings (SSSR count). The highest BCUT2D eigenvalue weighted by Gasteiger charge is 2.14. The predicted molar refractivity (Wildman–Crippen MR) is 125 cm³/mol. The lowest BCUT2D eigenvalue weighted by Gasteiger charge is -2.16. The number of benzene rings is 1. The molecule has 7 heteroatoms. The van der Waals surface area contributed by atoms with Crippen LogP contribution in [0.15, 0.2) is 36.5 Å². The normalized spacial score (nSPS) is 10.8. The summed E-state index contributed by atoms with van der Waals surface area (Å²) in [5, 5.41) is 13.9. The molecule has 0 aliphatic carbocycles. The number of nitrogens with zero attached hydrogens (tertiary/aromatic N) is 1. The molecule has 0 fully saturated rings. The van der Waals surface area contributed by atoms with Crippen molar-refractivity contribution in [2.24, 2.45) is 0 Å². The zero-order valence-corrected chi connectivity index (χ0v) is 18.7. The van der Waals surface area contributed by atoms with Crippen LogP contribution in [0.2, 0.25) is 5.02 Å². The monoisotopic (exact) mass is 446 g/mol. The predicted octanol–water partition coefficient (Wildman–Crippen LogP) is 5.48. The van der Waals surface area contributed by atoms with Crippen molar-refractivity contribution in [3.8, 4) is 11.8 Å². The Bertz CT molecular complexity index is 1130. The van der Waals surface area contributed by atoms with Crippen LogP contribution in [0.5, 0.6) is 0 Å². The van der Waals surface area contributed by atoms with E-state index in [1.54, 1.807) is 11.3 Å². The summed E-state index contributed by atoms with van der Waals surface area (Å²) < 4.78 is 2.89. The van der Waals surface area contributed by atoms with Crippen molar-refractivity contribution < 1.29 is 5.11 Å². The number of halogens is 1. The molecular weight excluding hydrogens is 428 g/mol. The van der Waals surface area contributed by atoms with Gasteiger partial charge in [-0.3, -0.25) is 0 Å². The SMILES string of the molecule is CC(C)n1cc(C(=S)NCc2ccc(Cl)cc2)c(=S)c2cc(C#CCO)sc21. The molecule has 2 aromatic heterocycles. The molecule has 0 unspecified atom stereocenters. The Kier molecular flexibility index (Phi) is 6.86. The molecule has 28 heavy (non-hydrogen) atoms. The van der Waals surface area contributed by atoms with Crippen molar-refractivity contribution in [3.05, 3.63) is 62.1 Å². The van der Waals surface area contributed by atoms with E-state index in [0.29, 0.717) is 21.1 Å².